The van der Waals surface area contributed by atoms with Gasteiger partial charge in [0.2, 0.25) is 0 Å². The van der Waals surface area contributed by atoms with Crippen LogP contribution >= 0.6 is 27.7 Å². The van der Waals surface area contributed by atoms with E-state index in [1.54, 1.807) is 18.0 Å². The van der Waals surface area contributed by atoms with Gasteiger partial charge in [-0.05, 0) is 46.6 Å². The molecule has 1 unspecified atom stereocenters. The highest BCUT2D eigenvalue weighted by atomic mass is 79.9. The van der Waals surface area contributed by atoms with E-state index in [0.717, 1.165) is 20.0 Å². The van der Waals surface area contributed by atoms with Crippen LogP contribution in [0, 0.1) is 0 Å². The minimum atomic E-state index is 0.0362. The van der Waals surface area contributed by atoms with Crippen LogP contribution in [-0.4, -0.2) is 4.98 Å². The number of nitrogens with zero attached hydrogens (tertiary/aromatic N) is 1. The van der Waals surface area contributed by atoms with Gasteiger partial charge in [-0.2, -0.15) is 0 Å². The Hall–Kier alpha value is -0.840. The quantitative estimate of drug-likeness (QED) is 0.931. The van der Waals surface area contributed by atoms with Crippen LogP contribution in [-0.2, 0) is 0 Å². The summed E-state index contributed by atoms with van der Waals surface area (Å²) < 4.78 is 0.988. The molecule has 1 aromatic heterocycles. The molecule has 0 fully saturated rings. The third-order valence-electron chi connectivity index (χ3n) is 2.32. The first-order valence-corrected chi connectivity index (χ1v) is 6.91. The predicted molar refractivity (Wildman–Crippen MR) is 75.1 cm³/mol. The number of hydrogen-bond acceptors (Lipinski definition) is 3. The lowest BCUT2D eigenvalue weighted by molar-refractivity contribution is 0.797. The van der Waals surface area contributed by atoms with Gasteiger partial charge in [0.25, 0.3) is 0 Å². The number of rotatable bonds is 3. The van der Waals surface area contributed by atoms with Gasteiger partial charge in [0.1, 0.15) is 5.03 Å². The van der Waals surface area contributed by atoms with E-state index in [0.29, 0.717) is 0 Å². The second-order valence-corrected chi connectivity index (χ2v) is 5.72. The topological polar surface area (TPSA) is 38.9 Å². The van der Waals surface area contributed by atoms with E-state index in [2.05, 4.69) is 33.0 Å². The molecule has 0 saturated carbocycles. The van der Waals surface area contributed by atoms with E-state index in [1.807, 2.05) is 31.2 Å². The first-order valence-electron chi connectivity index (χ1n) is 5.31. The number of halogens is 1. The van der Waals surface area contributed by atoms with Crippen molar-refractivity contribution in [3.8, 4) is 0 Å². The molecule has 0 aliphatic carbocycles. The monoisotopic (exact) mass is 308 g/mol. The SMILES string of the molecule is CC(N)c1ccccc1Sc1ccc(Br)cn1. The number of aromatic nitrogens is 1. The van der Waals surface area contributed by atoms with Gasteiger partial charge in [-0.15, -0.1) is 0 Å². The van der Waals surface area contributed by atoms with E-state index in [-0.39, 0.29) is 6.04 Å². The van der Waals surface area contributed by atoms with Gasteiger partial charge in [-0.25, -0.2) is 4.98 Å². The first-order chi connectivity index (χ1) is 8.16. The molecule has 0 spiro atoms. The lowest BCUT2D eigenvalue weighted by Gasteiger charge is -2.11. The van der Waals surface area contributed by atoms with Crippen molar-refractivity contribution >= 4 is 27.7 Å². The number of hydrogen-bond donors (Lipinski definition) is 1. The maximum atomic E-state index is 5.95. The Morgan fingerprint density at radius 1 is 1.24 bits per heavy atom. The molecule has 2 rings (SSSR count). The van der Waals surface area contributed by atoms with Gasteiger partial charge in [-0.1, -0.05) is 30.0 Å². The van der Waals surface area contributed by atoms with E-state index in [1.165, 1.54) is 0 Å². The number of nitrogens with two attached hydrogens (primary N) is 1. The van der Waals surface area contributed by atoms with E-state index >= 15 is 0 Å². The Morgan fingerprint density at radius 2 is 2.00 bits per heavy atom. The smallest absolute Gasteiger partial charge is 0.101 e. The van der Waals surface area contributed by atoms with Crippen molar-refractivity contribution in [2.75, 3.05) is 0 Å². The third-order valence-corrected chi connectivity index (χ3v) is 3.84. The first kappa shape index (κ1) is 12.6. The fraction of sp³-hybridized carbons (Fsp3) is 0.154. The van der Waals surface area contributed by atoms with Crippen LogP contribution < -0.4 is 5.73 Å². The van der Waals surface area contributed by atoms with Gasteiger partial charge in [0.05, 0.1) is 0 Å². The van der Waals surface area contributed by atoms with Crippen molar-refractivity contribution in [3.63, 3.8) is 0 Å². The molecule has 0 bridgehead atoms. The molecule has 17 heavy (non-hydrogen) atoms. The summed E-state index contributed by atoms with van der Waals surface area (Å²) in [4.78, 5) is 5.51. The molecule has 2 nitrogen and oxygen atoms in total. The Kier molecular flexibility index (Phi) is 4.20. The second-order valence-electron chi connectivity index (χ2n) is 3.74. The van der Waals surface area contributed by atoms with Gasteiger partial charge < -0.3 is 5.73 Å². The molecule has 1 atom stereocenters. The molecule has 1 heterocycles. The second kappa shape index (κ2) is 5.67. The standard InChI is InChI=1S/C13H13BrN2S/c1-9(15)11-4-2-3-5-12(11)17-13-7-6-10(14)8-16-13/h2-9H,15H2,1H3. The van der Waals surface area contributed by atoms with Gasteiger partial charge in [0.15, 0.2) is 0 Å². The molecule has 0 amide bonds. The van der Waals surface area contributed by atoms with E-state index < -0.39 is 0 Å². The summed E-state index contributed by atoms with van der Waals surface area (Å²) in [6, 6.07) is 12.2. The Morgan fingerprint density at radius 3 is 2.65 bits per heavy atom. The molecule has 0 aliphatic heterocycles. The highest BCUT2D eigenvalue weighted by Gasteiger charge is 2.07. The lowest BCUT2D eigenvalue weighted by Crippen LogP contribution is -2.06. The number of benzene rings is 1. The highest BCUT2D eigenvalue weighted by molar-refractivity contribution is 9.10. The highest BCUT2D eigenvalue weighted by Crippen LogP contribution is 2.31. The summed E-state index contributed by atoms with van der Waals surface area (Å²) in [6.07, 6.45) is 1.80. The lowest BCUT2D eigenvalue weighted by atomic mass is 10.1. The molecule has 2 N–H and O–H groups in total. The third kappa shape index (κ3) is 3.31. The van der Waals surface area contributed by atoms with Crippen LogP contribution in [0.1, 0.15) is 18.5 Å². The minimum absolute atomic E-state index is 0.0362. The molecule has 1 aromatic carbocycles. The summed E-state index contributed by atoms with van der Waals surface area (Å²) in [5.41, 5.74) is 7.11. The average molecular weight is 309 g/mol. The van der Waals surface area contributed by atoms with E-state index in [4.69, 9.17) is 5.73 Å². The molecule has 2 aromatic rings. The van der Waals surface area contributed by atoms with Crippen molar-refractivity contribution in [3.05, 3.63) is 52.6 Å². The minimum Gasteiger partial charge on any atom is -0.324 e. The van der Waals surface area contributed by atoms with Crippen molar-refractivity contribution in [1.82, 2.24) is 4.98 Å². The van der Waals surface area contributed by atoms with Crippen molar-refractivity contribution in [2.24, 2.45) is 5.73 Å². The zero-order chi connectivity index (χ0) is 12.3. The van der Waals surface area contributed by atoms with Gasteiger partial charge in [-0.3, -0.25) is 0 Å². The summed E-state index contributed by atoms with van der Waals surface area (Å²) >= 11 is 5.02. The Labute approximate surface area is 114 Å². The fourth-order valence-electron chi connectivity index (χ4n) is 1.48. The Balaban J connectivity index is 2.26. The van der Waals surface area contributed by atoms with Crippen LogP contribution in [0.3, 0.4) is 0 Å². The maximum Gasteiger partial charge on any atom is 0.101 e. The summed E-state index contributed by atoms with van der Waals surface area (Å²) in [5, 5.41) is 0.973. The largest absolute Gasteiger partial charge is 0.324 e. The molecule has 0 radical (unpaired) electrons. The zero-order valence-electron chi connectivity index (χ0n) is 9.43. The van der Waals surface area contributed by atoms with Crippen LogP contribution in [0.25, 0.3) is 0 Å². The maximum absolute atomic E-state index is 5.95. The van der Waals surface area contributed by atoms with Crippen molar-refractivity contribution in [1.29, 1.82) is 0 Å². The normalized spacial score (nSPS) is 12.4. The van der Waals surface area contributed by atoms with E-state index in [9.17, 15) is 0 Å². The van der Waals surface area contributed by atoms with Crippen LogP contribution in [0.15, 0.2) is 57.0 Å². The van der Waals surface area contributed by atoms with Crippen molar-refractivity contribution in [2.45, 2.75) is 22.9 Å². The molecule has 4 heteroatoms. The summed E-state index contributed by atoms with van der Waals surface area (Å²) in [6.45, 7) is 1.99. The van der Waals surface area contributed by atoms with Gasteiger partial charge >= 0.3 is 0 Å². The molecular weight excluding hydrogens is 296 g/mol. The molecule has 0 aliphatic rings. The molecular formula is C13H13BrN2S. The van der Waals surface area contributed by atoms with Crippen LogP contribution in [0.5, 0.6) is 0 Å². The zero-order valence-corrected chi connectivity index (χ0v) is 11.8. The summed E-state index contributed by atoms with van der Waals surface area (Å²) in [5.74, 6) is 0. The number of pyridine rings is 1. The fourth-order valence-corrected chi connectivity index (χ4v) is 2.70. The molecule has 0 saturated heterocycles. The van der Waals surface area contributed by atoms with Crippen LogP contribution in [0.2, 0.25) is 0 Å². The molecule has 88 valence electrons. The van der Waals surface area contributed by atoms with Crippen LogP contribution in [0.4, 0.5) is 0 Å². The van der Waals surface area contributed by atoms with Gasteiger partial charge in [0, 0.05) is 21.6 Å². The average Bonchev–Trinajstić information content (AvgIpc) is 2.32. The Bertz CT molecular complexity index is 497. The van der Waals surface area contributed by atoms with Crippen molar-refractivity contribution < 1.29 is 0 Å². The predicted octanol–water partition coefficient (Wildman–Crippen LogP) is 4.02. The summed E-state index contributed by atoms with van der Waals surface area (Å²) in [7, 11) is 0.